The molecule has 0 radical (unpaired) electrons. The van der Waals surface area contributed by atoms with Gasteiger partial charge in [-0.3, -0.25) is 4.99 Å². The largest absolute Gasteiger partial charge is 0.458 e. The van der Waals surface area contributed by atoms with Crippen LogP contribution in [0.2, 0.25) is 0 Å². The topological polar surface area (TPSA) is 138 Å². The first-order chi connectivity index (χ1) is 22.4. The molecule has 0 bridgehead atoms. The lowest BCUT2D eigenvalue weighted by atomic mass is 9.41. The second-order valence-electron chi connectivity index (χ2n) is 15.6. The number of aliphatic imine (C=N–C) groups is 1. The lowest BCUT2D eigenvalue weighted by molar-refractivity contribution is -0.282. The second-order valence-corrected chi connectivity index (χ2v) is 15.6. The Morgan fingerprint density at radius 1 is 1.04 bits per heavy atom. The van der Waals surface area contributed by atoms with Crippen LogP contribution < -0.4 is 0 Å². The first-order valence-corrected chi connectivity index (χ1v) is 17.6. The molecule has 0 spiro atoms. The normalized spacial score (nSPS) is 46.4. The van der Waals surface area contributed by atoms with E-state index < -0.39 is 46.6 Å². The molecule has 6 aliphatic rings. The quantitative estimate of drug-likeness (QED) is 0.196. The van der Waals surface area contributed by atoms with Gasteiger partial charge in [-0.25, -0.2) is 9.18 Å². The highest BCUT2D eigenvalue weighted by atomic mass is 19.1. The number of aliphatic hydroxyl groups excluding tert-OH is 2. The SMILES string of the molecule is C[C@H]1O[C@@H](O[C@@H]2CC[C@@]3(C=NCCc4ccc(F)cc4)[C@@H]4CC[C@@]5(C)[C@@H](C6=CC(=O)OC6)CC[C@]5(O)[C@@H]4CC[C@]3(O)C2)C[C@@H](O)[C@@H]1O. The molecule has 9 nitrogen and oxygen atoms in total. The Morgan fingerprint density at radius 2 is 1.81 bits per heavy atom. The Hall–Kier alpha value is -2.21. The summed E-state index contributed by atoms with van der Waals surface area (Å²) in [4.78, 5) is 16.9. The zero-order valence-electron chi connectivity index (χ0n) is 27.5. The molecule has 0 aromatic heterocycles. The standard InChI is InChI=1S/C37H50FNO8/c1-22-33(42)30(40)18-32(46-22)47-26-7-13-35(21-39-16-11-23-3-5-25(38)6-4-23)28-8-12-34(2)27(24-17-31(41)45-20-24)10-15-37(34,44)29(28)9-14-36(35,43)19-26/h3-6,17,21-22,26-30,32-33,40,42-44H,7-16,18-20H2,1-2H3/t22-,26-,27-,28-,29-,30-,32+,33-,34+,35-,36+,37+/m1/s1. The number of hydrogen-bond donors (Lipinski definition) is 4. The monoisotopic (exact) mass is 655 g/mol. The first-order valence-electron chi connectivity index (χ1n) is 17.6. The van der Waals surface area contributed by atoms with Crippen molar-refractivity contribution in [1.29, 1.82) is 0 Å². The van der Waals surface area contributed by atoms with Crippen LogP contribution >= 0.6 is 0 Å². The Kier molecular flexibility index (Phi) is 8.70. The molecule has 0 unspecified atom stereocenters. The summed E-state index contributed by atoms with van der Waals surface area (Å²) in [5.74, 6) is -0.523. The molecular formula is C37H50FNO8. The third-order valence-electron chi connectivity index (χ3n) is 13.4. The fourth-order valence-corrected chi connectivity index (χ4v) is 10.9. The fraction of sp³-hybridized carbons (Fsp3) is 0.730. The lowest BCUT2D eigenvalue weighted by Gasteiger charge is -2.66. The molecule has 0 amide bonds. The van der Waals surface area contributed by atoms with Gasteiger partial charge in [-0.2, -0.15) is 0 Å². The number of hydrogen-bond acceptors (Lipinski definition) is 9. The van der Waals surface area contributed by atoms with Crippen LogP contribution in [0.5, 0.6) is 0 Å². The van der Waals surface area contributed by atoms with Gasteiger partial charge in [0, 0.05) is 42.5 Å². The van der Waals surface area contributed by atoms with Gasteiger partial charge in [0.15, 0.2) is 6.29 Å². The lowest BCUT2D eigenvalue weighted by Crippen LogP contribution is -2.69. The molecule has 1 saturated heterocycles. The third-order valence-corrected chi connectivity index (χ3v) is 13.4. The van der Waals surface area contributed by atoms with Crippen molar-refractivity contribution in [2.45, 2.75) is 126 Å². The van der Waals surface area contributed by atoms with Crippen LogP contribution in [0.15, 0.2) is 40.9 Å². The average molecular weight is 656 g/mol. The molecule has 4 N–H and O–H groups in total. The summed E-state index contributed by atoms with van der Waals surface area (Å²) >= 11 is 0. The summed E-state index contributed by atoms with van der Waals surface area (Å²) in [5, 5.41) is 46.0. The maximum absolute atomic E-state index is 13.5. The van der Waals surface area contributed by atoms with E-state index in [4.69, 9.17) is 19.2 Å². The third kappa shape index (κ3) is 5.51. The average Bonchev–Trinajstić information content (AvgIpc) is 3.58. The van der Waals surface area contributed by atoms with Crippen molar-refractivity contribution in [3.05, 3.63) is 47.3 Å². The molecule has 258 valence electrons. The predicted octanol–water partition coefficient (Wildman–Crippen LogP) is 4.03. The molecule has 2 heterocycles. The van der Waals surface area contributed by atoms with Crippen LogP contribution in [-0.4, -0.2) is 87.7 Å². The van der Waals surface area contributed by atoms with E-state index in [2.05, 4.69) is 6.92 Å². The smallest absolute Gasteiger partial charge is 0.331 e. The van der Waals surface area contributed by atoms with E-state index in [0.29, 0.717) is 58.1 Å². The molecular weight excluding hydrogens is 605 g/mol. The van der Waals surface area contributed by atoms with Crippen molar-refractivity contribution in [1.82, 2.24) is 0 Å². The summed E-state index contributed by atoms with van der Waals surface area (Å²) in [6, 6.07) is 6.46. The van der Waals surface area contributed by atoms with E-state index >= 15 is 0 Å². The van der Waals surface area contributed by atoms with Crippen molar-refractivity contribution in [3.8, 4) is 0 Å². The highest BCUT2D eigenvalue weighted by molar-refractivity contribution is 5.85. The molecule has 1 aromatic carbocycles. The molecule has 2 aliphatic heterocycles. The summed E-state index contributed by atoms with van der Waals surface area (Å²) in [6.07, 6.45) is 6.93. The molecule has 7 rings (SSSR count). The van der Waals surface area contributed by atoms with Crippen molar-refractivity contribution in [2.75, 3.05) is 13.2 Å². The Morgan fingerprint density at radius 3 is 2.53 bits per heavy atom. The molecule has 47 heavy (non-hydrogen) atoms. The van der Waals surface area contributed by atoms with Gasteiger partial charge in [-0.05, 0) is 106 Å². The highest BCUT2D eigenvalue weighted by Gasteiger charge is 2.71. The van der Waals surface area contributed by atoms with Gasteiger partial charge >= 0.3 is 5.97 Å². The van der Waals surface area contributed by atoms with Crippen molar-refractivity contribution >= 4 is 12.2 Å². The van der Waals surface area contributed by atoms with E-state index in [1.54, 1.807) is 25.1 Å². The number of carbonyl (C=O) groups is 1. The van der Waals surface area contributed by atoms with E-state index in [-0.39, 0.29) is 42.1 Å². The zero-order valence-corrected chi connectivity index (χ0v) is 27.5. The van der Waals surface area contributed by atoms with Crippen LogP contribution in [0.25, 0.3) is 0 Å². The van der Waals surface area contributed by atoms with Crippen LogP contribution in [-0.2, 0) is 25.4 Å². The van der Waals surface area contributed by atoms with Gasteiger partial charge in [-0.1, -0.05) is 19.1 Å². The number of fused-ring (bicyclic) bond motifs is 5. The summed E-state index contributed by atoms with van der Waals surface area (Å²) in [7, 11) is 0. The van der Waals surface area contributed by atoms with Crippen molar-refractivity contribution in [3.63, 3.8) is 0 Å². The Labute approximate surface area is 276 Å². The number of cyclic esters (lactones) is 1. The van der Waals surface area contributed by atoms with Crippen LogP contribution in [0.1, 0.15) is 83.6 Å². The predicted molar refractivity (Wildman–Crippen MR) is 171 cm³/mol. The molecule has 1 aromatic rings. The van der Waals surface area contributed by atoms with E-state index in [9.17, 15) is 29.6 Å². The maximum Gasteiger partial charge on any atom is 0.331 e. The molecule has 10 heteroatoms. The van der Waals surface area contributed by atoms with Crippen LogP contribution in [0.3, 0.4) is 0 Å². The van der Waals surface area contributed by atoms with Gasteiger partial charge in [0.25, 0.3) is 0 Å². The molecule has 4 saturated carbocycles. The molecule has 4 aliphatic carbocycles. The van der Waals surface area contributed by atoms with Crippen LogP contribution in [0, 0.1) is 34.4 Å². The first kappa shape index (κ1) is 33.3. The van der Waals surface area contributed by atoms with Crippen molar-refractivity contribution < 1.29 is 43.8 Å². The van der Waals surface area contributed by atoms with E-state index in [1.807, 2.05) is 6.21 Å². The minimum atomic E-state index is -1.12. The van der Waals surface area contributed by atoms with Crippen molar-refractivity contribution in [2.24, 2.45) is 33.6 Å². The number of esters is 1. The van der Waals surface area contributed by atoms with Gasteiger partial charge in [-0.15, -0.1) is 0 Å². The fourth-order valence-electron chi connectivity index (χ4n) is 10.9. The summed E-state index contributed by atoms with van der Waals surface area (Å²) < 4.78 is 31.0. The summed E-state index contributed by atoms with van der Waals surface area (Å²) in [5.41, 5.74) is -1.15. The van der Waals surface area contributed by atoms with Gasteiger partial charge in [0.1, 0.15) is 18.5 Å². The Balaban J connectivity index is 1.15. The number of carbonyl (C=O) groups excluding carboxylic acids is 1. The van der Waals surface area contributed by atoms with Gasteiger partial charge in [0.2, 0.25) is 0 Å². The van der Waals surface area contributed by atoms with Gasteiger partial charge < -0.3 is 34.6 Å². The van der Waals surface area contributed by atoms with E-state index in [0.717, 1.165) is 30.4 Å². The number of benzene rings is 1. The number of nitrogens with zero attached hydrogens (tertiary/aromatic N) is 1. The number of aliphatic hydroxyl groups is 4. The maximum atomic E-state index is 13.5. The molecule has 5 fully saturated rings. The summed E-state index contributed by atoms with van der Waals surface area (Å²) in [6.45, 7) is 4.71. The second kappa shape index (κ2) is 12.3. The number of halogens is 1. The van der Waals surface area contributed by atoms with E-state index in [1.165, 1.54) is 12.1 Å². The minimum absolute atomic E-state index is 0.00644. The number of rotatable bonds is 7. The highest BCUT2D eigenvalue weighted by Crippen LogP contribution is 2.70. The Bertz CT molecular complexity index is 1390. The van der Waals surface area contributed by atoms with Crippen LogP contribution in [0.4, 0.5) is 4.39 Å². The zero-order chi connectivity index (χ0) is 33.2. The van der Waals surface area contributed by atoms with Gasteiger partial charge in [0.05, 0.1) is 29.5 Å². The molecule has 12 atom stereocenters. The number of ether oxygens (including phenoxy) is 3. The minimum Gasteiger partial charge on any atom is -0.458 e.